The molecule has 74 valence electrons. The zero-order valence-electron chi connectivity index (χ0n) is 7.48. The van der Waals surface area contributed by atoms with Crippen LogP contribution in [0.15, 0.2) is 34.9 Å². The lowest BCUT2D eigenvalue weighted by molar-refractivity contribution is 0.533. The van der Waals surface area contributed by atoms with E-state index < -0.39 is 5.95 Å². The maximum atomic E-state index is 13.6. The zero-order valence-corrected chi connectivity index (χ0v) is 9.07. The third-order valence-electron chi connectivity index (χ3n) is 1.91. The molecular weight excluding hydrogens is 261 g/mol. The molecule has 0 radical (unpaired) electrons. The molecule has 5 heteroatoms. The van der Waals surface area contributed by atoms with Crippen LogP contribution in [0.3, 0.4) is 0 Å². The van der Waals surface area contributed by atoms with Crippen molar-refractivity contribution < 1.29 is 4.39 Å². The van der Waals surface area contributed by atoms with Gasteiger partial charge in [0.15, 0.2) is 0 Å². The topological polar surface area (TPSA) is 41.6 Å². The number of benzene rings is 1. The van der Waals surface area contributed by atoms with E-state index in [9.17, 15) is 4.39 Å². The number of aromatic nitrogens is 2. The van der Waals surface area contributed by atoms with Gasteiger partial charge in [0.05, 0.1) is 11.9 Å². The summed E-state index contributed by atoms with van der Waals surface area (Å²) in [6.07, 6.45) is 1.20. The Balaban J connectivity index is 2.61. The van der Waals surface area contributed by atoms with E-state index in [4.69, 9.17) is 5.26 Å². The second-order valence-corrected chi connectivity index (χ2v) is 3.68. The Morgan fingerprint density at radius 2 is 2.13 bits per heavy atom. The van der Waals surface area contributed by atoms with E-state index in [0.717, 1.165) is 9.15 Å². The van der Waals surface area contributed by atoms with E-state index in [2.05, 4.69) is 21.0 Å². The van der Waals surface area contributed by atoms with Gasteiger partial charge in [0.25, 0.3) is 0 Å². The number of nitrogens with zero attached hydrogens (tertiary/aromatic N) is 3. The molecule has 1 aromatic heterocycles. The molecule has 0 amide bonds. The highest BCUT2D eigenvalue weighted by molar-refractivity contribution is 9.10. The summed E-state index contributed by atoms with van der Waals surface area (Å²) < 4.78 is 15.4. The largest absolute Gasteiger partial charge is 0.234 e. The van der Waals surface area contributed by atoms with Crippen LogP contribution in [0.5, 0.6) is 0 Å². The number of para-hydroxylation sites is 1. The molecule has 0 aliphatic carbocycles. The Morgan fingerprint density at radius 3 is 2.73 bits per heavy atom. The maximum Gasteiger partial charge on any atom is 0.234 e. The first-order valence-corrected chi connectivity index (χ1v) is 4.92. The highest BCUT2D eigenvalue weighted by Crippen LogP contribution is 2.21. The van der Waals surface area contributed by atoms with Crippen LogP contribution in [0.2, 0.25) is 0 Å². The Hall–Kier alpha value is -1.67. The standard InChI is InChI=1S/C10H5BrFN3/c11-8-3-1-2-4-9(8)15-10(12)7(5-13)6-14-15/h1-4,6H. The Morgan fingerprint density at radius 1 is 1.40 bits per heavy atom. The maximum absolute atomic E-state index is 13.6. The first-order valence-electron chi connectivity index (χ1n) is 4.12. The summed E-state index contributed by atoms with van der Waals surface area (Å²) in [6.45, 7) is 0. The molecule has 2 aromatic rings. The van der Waals surface area contributed by atoms with Crippen molar-refractivity contribution in [1.82, 2.24) is 9.78 Å². The molecular formula is C10H5BrFN3. The lowest BCUT2D eigenvalue weighted by Gasteiger charge is -2.03. The highest BCUT2D eigenvalue weighted by atomic mass is 79.9. The summed E-state index contributed by atoms with van der Waals surface area (Å²) in [7, 11) is 0. The van der Waals surface area contributed by atoms with Crippen LogP contribution in [0, 0.1) is 17.3 Å². The molecule has 0 unspecified atom stereocenters. The third kappa shape index (κ3) is 1.64. The second-order valence-electron chi connectivity index (χ2n) is 2.82. The van der Waals surface area contributed by atoms with Crippen molar-refractivity contribution in [3.63, 3.8) is 0 Å². The summed E-state index contributed by atoms with van der Waals surface area (Å²) in [5, 5.41) is 12.4. The SMILES string of the molecule is N#Cc1cnn(-c2ccccc2Br)c1F. The monoisotopic (exact) mass is 265 g/mol. The van der Waals surface area contributed by atoms with Gasteiger partial charge in [0.2, 0.25) is 5.95 Å². The molecule has 1 aromatic carbocycles. The quantitative estimate of drug-likeness (QED) is 0.796. The minimum atomic E-state index is -0.649. The lowest BCUT2D eigenvalue weighted by atomic mass is 10.3. The van der Waals surface area contributed by atoms with Crippen LogP contribution < -0.4 is 0 Å². The van der Waals surface area contributed by atoms with Crippen molar-refractivity contribution in [3.05, 3.63) is 46.4 Å². The van der Waals surface area contributed by atoms with Gasteiger partial charge in [0, 0.05) is 4.47 Å². The average molecular weight is 266 g/mol. The van der Waals surface area contributed by atoms with Gasteiger partial charge < -0.3 is 0 Å². The van der Waals surface area contributed by atoms with Gasteiger partial charge in [-0.2, -0.15) is 14.8 Å². The van der Waals surface area contributed by atoms with Gasteiger partial charge in [-0.3, -0.25) is 0 Å². The Bertz CT molecular complexity index is 542. The van der Waals surface area contributed by atoms with Crippen molar-refractivity contribution in [2.75, 3.05) is 0 Å². The zero-order chi connectivity index (χ0) is 10.8. The van der Waals surface area contributed by atoms with Gasteiger partial charge in [-0.15, -0.1) is 0 Å². The minimum absolute atomic E-state index is 0.0641. The van der Waals surface area contributed by atoms with Crippen molar-refractivity contribution in [1.29, 1.82) is 5.26 Å². The smallest absolute Gasteiger partial charge is 0.204 e. The van der Waals surface area contributed by atoms with Gasteiger partial charge in [-0.1, -0.05) is 12.1 Å². The second kappa shape index (κ2) is 3.83. The van der Waals surface area contributed by atoms with Crippen LogP contribution in [-0.4, -0.2) is 9.78 Å². The molecule has 15 heavy (non-hydrogen) atoms. The van der Waals surface area contributed by atoms with E-state index in [1.807, 2.05) is 6.07 Å². The van der Waals surface area contributed by atoms with Crippen LogP contribution >= 0.6 is 15.9 Å². The van der Waals surface area contributed by atoms with E-state index in [-0.39, 0.29) is 5.56 Å². The molecule has 0 aliphatic rings. The summed E-state index contributed by atoms with van der Waals surface area (Å²) in [4.78, 5) is 0. The van der Waals surface area contributed by atoms with Crippen LogP contribution in [-0.2, 0) is 0 Å². The highest BCUT2D eigenvalue weighted by Gasteiger charge is 2.12. The number of halogens is 2. The number of hydrogen-bond donors (Lipinski definition) is 0. The molecule has 0 bridgehead atoms. The molecule has 0 saturated carbocycles. The summed E-state index contributed by atoms with van der Waals surface area (Å²) in [5.41, 5.74) is 0.502. The van der Waals surface area contributed by atoms with E-state index in [0.29, 0.717) is 5.69 Å². The molecule has 0 saturated heterocycles. The van der Waals surface area contributed by atoms with Gasteiger partial charge in [0.1, 0.15) is 11.6 Å². The van der Waals surface area contributed by atoms with Crippen molar-refractivity contribution in [2.45, 2.75) is 0 Å². The van der Waals surface area contributed by atoms with E-state index in [1.165, 1.54) is 6.20 Å². The average Bonchev–Trinajstić information content (AvgIpc) is 2.60. The third-order valence-corrected chi connectivity index (χ3v) is 2.58. The van der Waals surface area contributed by atoms with Crippen molar-refractivity contribution in [2.24, 2.45) is 0 Å². The molecule has 1 heterocycles. The van der Waals surface area contributed by atoms with Crippen LogP contribution in [0.1, 0.15) is 5.56 Å². The lowest BCUT2D eigenvalue weighted by Crippen LogP contribution is -2.00. The van der Waals surface area contributed by atoms with Gasteiger partial charge in [-0.05, 0) is 28.1 Å². The minimum Gasteiger partial charge on any atom is -0.204 e. The predicted molar refractivity (Wildman–Crippen MR) is 55.9 cm³/mol. The molecule has 0 fully saturated rings. The fourth-order valence-electron chi connectivity index (χ4n) is 1.20. The first kappa shape index (κ1) is 9.87. The van der Waals surface area contributed by atoms with E-state index in [1.54, 1.807) is 24.3 Å². The number of rotatable bonds is 1. The Labute approximate surface area is 93.9 Å². The molecule has 0 aliphatic heterocycles. The fraction of sp³-hybridized carbons (Fsp3) is 0. The Kier molecular flexibility index (Phi) is 2.52. The summed E-state index contributed by atoms with van der Waals surface area (Å²) in [5.74, 6) is -0.649. The normalized spacial score (nSPS) is 9.93. The molecule has 0 atom stereocenters. The van der Waals surface area contributed by atoms with Crippen LogP contribution in [0.25, 0.3) is 5.69 Å². The van der Waals surface area contributed by atoms with Gasteiger partial charge in [-0.25, -0.2) is 4.68 Å². The summed E-state index contributed by atoms with van der Waals surface area (Å²) >= 11 is 3.29. The predicted octanol–water partition coefficient (Wildman–Crippen LogP) is 2.65. The van der Waals surface area contributed by atoms with Crippen molar-refractivity contribution in [3.8, 4) is 11.8 Å². The molecule has 0 spiro atoms. The van der Waals surface area contributed by atoms with Crippen LogP contribution in [0.4, 0.5) is 4.39 Å². The number of hydrogen-bond acceptors (Lipinski definition) is 2. The van der Waals surface area contributed by atoms with Gasteiger partial charge >= 0.3 is 0 Å². The van der Waals surface area contributed by atoms with E-state index >= 15 is 0 Å². The number of nitriles is 1. The first-order chi connectivity index (χ1) is 7.24. The molecule has 2 rings (SSSR count). The fourth-order valence-corrected chi connectivity index (χ4v) is 1.65. The summed E-state index contributed by atoms with van der Waals surface area (Å²) in [6, 6.07) is 8.81. The molecule has 3 nitrogen and oxygen atoms in total. The van der Waals surface area contributed by atoms with Crippen molar-refractivity contribution >= 4 is 15.9 Å². The molecule has 0 N–H and O–H groups in total.